The second-order valence-electron chi connectivity index (χ2n) is 3.69. The Morgan fingerprint density at radius 3 is 2.47 bits per heavy atom. The lowest BCUT2D eigenvalue weighted by Gasteiger charge is -2.09. The summed E-state index contributed by atoms with van der Waals surface area (Å²) in [7, 11) is -4.15. The molecule has 0 heterocycles. The van der Waals surface area contributed by atoms with Crippen LogP contribution in [-0.4, -0.2) is 8.42 Å². The predicted octanol–water partition coefficient (Wildman–Crippen LogP) is 3.37. The molecule has 0 aliphatic heterocycles. The van der Waals surface area contributed by atoms with E-state index in [1.165, 1.54) is 6.07 Å². The van der Waals surface area contributed by atoms with E-state index in [1.807, 2.05) is 22.6 Å². The van der Waals surface area contributed by atoms with E-state index in [4.69, 9.17) is 0 Å². The molecule has 0 aliphatic rings. The molecule has 100 valence electrons. The van der Waals surface area contributed by atoms with Gasteiger partial charge in [0.15, 0.2) is 0 Å². The first-order valence-electron chi connectivity index (χ1n) is 5.12. The quantitative estimate of drug-likeness (QED) is 0.811. The van der Waals surface area contributed by atoms with Crippen molar-refractivity contribution < 1.29 is 17.2 Å². The number of anilines is 1. The third-order valence-corrected chi connectivity index (χ3v) is 4.33. The summed E-state index contributed by atoms with van der Waals surface area (Å²) in [5.74, 6) is -1.82. The number of halogens is 3. The number of nitrogens with one attached hydrogen (secondary N) is 1. The van der Waals surface area contributed by atoms with Gasteiger partial charge < -0.3 is 0 Å². The van der Waals surface area contributed by atoms with E-state index in [-0.39, 0.29) is 5.69 Å². The second kappa shape index (κ2) is 5.41. The molecule has 0 aliphatic carbocycles. The van der Waals surface area contributed by atoms with Crippen LogP contribution in [0, 0.1) is 15.2 Å². The lowest BCUT2D eigenvalue weighted by atomic mass is 10.3. The number of rotatable bonds is 3. The summed E-state index contributed by atoms with van der Waals surface area (Å²) >= 11 is 2.01. The van der Waals surface area contributed by atoms with Crippen molar-refractivity contribution in [2.24, 2.45) is 0 Å². The van der Waals surface area contributed by atoms with Crippen LogP contribution in [0.3, 0.4) is 0 Å². The summed E-state index contributed by atoms with van der Waals surface area (Å²) < 4.78 is 53.4. The average Bonchev–Trinajstić information content (AvgIpc) is 2.31. The zero-order valence-corrected chi connectivity index (χ0v) is 12.4. The van der Waals surface area contributed by atoms with Crippen LogP contribution in [0.4, 0.5) is 14.5 Å². The molecule has 0 atom stereocenters. The summed E-state index contributed by atoms with van der Waals surface area (Å²) in [6, 6.07) is 8.82. The van der Waals surface area contributed by atoms with Gasteiger partial charge in [0.2, 0.25) is 0 Å². The van der Waals surface area contributed by atoms with E-state index in [9.17, 15) is 17.2 Å². The van der Waals surface area contributed by atoms with E-state index < -0.39 is 26.6 Å². The molecule has 19 heavy (non-hydrogen) atoms. The molecule has 2 aromatic carbocycles. The largest absolute Gasteiger partial charge is 0.280 e. The maximum atomic E-state index is 13.5. The van der Waals surface area contributed by atoms with Gasteiger partial charge in [-0.25, -0.2) is 17.2 Å². The van der Waals surface area contributed by atoms with Crippen LogP contribution in [0.5, 0.6) is 0 Å². The van der Waals surface area contributed by atoms with Crippen molar-refractivity contribution in [2.45, 2.75) is 4.90 Å². The SMILES string of the molecule is O=S(=O)(Nc1cccc(I)c1)c1cc(F)ccc1F. The van der Waals surface area contributed by atoms with E-state index in [0.717, 1.165) is 15.7 Å². The van der Waals surface area contributed by atoms with Crippen LogP contribution >= 0.6 is 22.6 Å². The maximum Gasteiger partial charge on any atom is 0.264 e. The van der Waals surface area contributed by atoms with Crippen LogP contribution in [0.1, 0.15) is 0 Å². The monoisotopic (exact) mass is 395 g/mol. The third-order valence-electron chi connectivity index (χ3n) is 2.26. The van der Waals surface area contributed by atoms with Gasteiger partial charge in [-0.1, -0.05) is 6.07 Å². The molecule has 0 radical (unpaired) electrons. The Hall–Kier alpha value is -1.22. The number of sulfonamides is 1. The number of hydrogen-bond acceptors (Lipinski definition) is 2. The molecule has 3 nitrogen and oxygen atoms in total. The van der Waals surface area contributed by atoms with Gasteiger partial charge in [0, 0.05) is 9.26 Å². The van der Waals surface area contributed by atoms with Gasteiger partial charge >= 0.3 is 0 Å². The number of benzene rings is 2. The smallest absolute Gasteiger partial charge is 0.264 e. The van der Waals surface area contributed by atoms with Crippen LogP contribution in [0.25, 0.3) is 0 Å². The fraction of sp³-hybridized carbons (Fsp3) is 0. The van der Waals surface area contributed by atoms with Gasteiger partial charge in [-0.15, -0.1) is 0 Å². The van der Waals surface area contributed by atoms with Gasteiger partial charge in [-0.2, -0.15) is 0 Å². The highest BCUT2D eigenvalue weighted by molar-refractivity contribution is 14.1. The van der Waals surface area contributed by atoms with Crippen molar-refractivity contribution in [1.82, 2.24) is 0 Å². The molecule has 0 spiro atoms. The van der Waals surface area contributed by atoms with Crippen molar-refractivity contribution in [1.29, 1.82) is 0 Å². The topological polar surface area (TPSA) is 46.2 Å². The summed E-state index contributed by atoms with van der Waals surface area (Å²) in [5.41, 5.74) is 0.288. The molecule has 0 saturated heterocycles. The Morgan fingerprint density at radius 1 is 1.05 bits per heavy atom. The summed E-state index contributed by atoms with van der Waals surface area (Å²) in [6.45, 7) is 0. The van der Waals surface area contributed by atoms with Crippen LogP contribution in [0.2, 0.25) is 0 Å². The lowest BCUT2D eigenvalue weighted by Crippen LogP contribution is -2.15. The third kappa shape index (κ3) is 3.41. The van der Waals surface area contributed by atoms with Gasteiger partial charge in [-0.3, -0.25) is 4.72 Å². The van der Waals surface area contributed by atoms with Crippen molar-refractivity contribution in [3.8, 4) is 0 Å². The Balaban J connectivity index is 2.40. The molecule has 0 amide bonds. The molecule has 0 unspecified atom stereocenters. The normalized spacial score (nSPS) is 11.3. The predicted molar refractivity (Wildman–Crippen MR) is 76.3 cm³/mol. The maximum absolute atomic E-state index is 13.5. The van der Waals surface area contributed by atoms with Gasteiger partial charge in [0.05, 0.1) is 0 Å². The van der Waals surface area contributed by atoms with Gasteiger partial charge in [0.1, 0.15) is 16.5 Å². The summed E-state index contributed by atoms with van der Waals surface area (Å²) in [4.78, 5) is -0.716. The lowest BCUT2D eigenvalue weighted by molar-refractivity contribution is 0.555. The van der Waals surface area contributed by atoms with E-state index in [2.05, 4.69) is 4.72 Å². The first-order valence-corrected chi connectivity index (χ1v) is 7.68. The van der Waals surface area contributed by atoms with Gasteiger partial charge in [0.25, 0.3) is 10.0 Å². The molecular weight excluding hydrogens is 387 g/mol. The van der Waals surface area contributed by atoms with Crippen molar-refractivity contribution >= 4 is 38.3 Å². The first kappa shape index (κ1) is 14.2. The average molecular weight is 395 g/mol. The Kier molecular flexibility index (Phi) is 4.04. The van der Waals surface area contributed by atoms with Crippen LogP contribution in [0.15, 0.2) is 47.4 Å². The van der Waals surface area contributed by atoms with Crippen LogP contribution in [-0.2, 0) is 10.0 Å². The van der Waals surface area contributed by atoms with E-state index in [1.54, 1.807) is 18.2 Å². The minimum Gasteiger partial charge on any atom is -0.280 e. The van der Waals surface area contributed by atoms with E-state index >= 15 is 0 Å². The Bertz CT molecular complexity index is 719. The van der Waals surface area contributed by atoms with Crippen LogP contribution < -0.4 is 4.72 Å². The molecule has 0 aromatic heterocycles. The van der Waals surface area contributed by atoms with Crippen molar-refractivity contribution in [3.63, 3.8) is 0 Å². The molecular formula is C12H8F2INO2S. The number of hydrogen-bond donors (Lipinski definition) is 1. The Labute approximate surface area is 122 Å². The zero-order chi connectivity index (χ0) is 14.0. The molecule has 0 saturated carbocycles. The highest BCUT2D eigenvalue weighted by Gasteiger charge is 2.20. The standard InChI is InChI=1S/C12H8F2INO2S/c13-8-4-5-11(14)12(6-8)19(17,18)16-10-3-1-2-9(15)7-10/h1-7,16H. The minimum atomic E-state index is -4.15. The fourth-order valence-corrected chi connectivity index (χ4v) is 3.13. The molecule has 2 rings (SSSR count). The summed E-state index contributed by atoms with van der Waals surface area (Å²) in [5, 5.41) is 0. The molecule has 7 heteroatoms. The second-order valence-corrected chi connectivity index (χ2v) is 6.59. The van der Waals surface area contributed by atoms with Gasteiger partial charge in [-0.05, 0) is 59.0 Å². The highest BCUT2D eigenvalue weighted by Crippen LogP contribution is 2.20. The minimum absolute atomic E-state index is 0.288. The fourth-order valence-electron chi connectivity index (χ4n) is 1.45. The molecule has 0 bridgehead atoms. The van der Waals surface area contributed by atoms with Crippen molar-refractivity contribution in [3.05, 3.63) is 57.7 Å². The van der Waals surface area contributed by atoms with Crippen molar-refractivity contribution in [2.75, 3.05) is 4.72 Å². The highest BCUT2D eigenvalue weighted by atomic mass is 127. The van der Waals surface area contributed by atoms with E-state index in [0.29, 0.717) is 6.07 Å². The Morgan fingerprint density at radius 2 is 1.79 bits per heavy atom. The zero-order valence-electron chi connectivity index (χ0n) is 9.40. The summed E-state index contributed by atoms with van der Waals surface area (Å²) in [6.07, 6.45) is 0. The first-order chi connectivity index (χ1) is 8.88. The molecule has 1 N–H and O–H groups in total. The molecule has 2 aromatic rings. The molecule has 0 fully saturated rings.